The number of benzene rings is 1. The van der Waals surface area contributed by atoms with Gasteiger partial charge in [0.25, 0.3) is 0 Å². The summed E-state index contributed by atoms with van der Waals surface area (Å²) in [5.41, 5.74) is 1.21. The molecule has 102 valence electrons. The van der Waals surface area contributed by atoms with Gasteiger partial charge in [-0.3, -0.25) is 0 Å². The fourth-order valence-electron chi connectivity index (χ4n) is 2.34. The Hall–Kier alpha value is -1.38. The lowest BCUT2D eigenvalue weighted by Crippen LogP contribution is -2.29. The van der Waals surface area contributed by atoms with Crippen molar-refractivity contribution in [3.8, 4) is 6.07 Å². The topological polar surface area (TPSA) is 61.2 Å². The molecule has 0 aliphatic carbocycles. The van der Waals surface area contributed by atoms with E-state index in [1.807, 2.05) is 6.07 Å². The van der Waals surface area contributed by atoms with Crippen molar-refractivity contribution in [3.63, 3.8) is 0 Å². The molecule has 2 atom stereocenters. The van der Waals surface area contributed by atoms with E-state index >= 15 is 0 Å². The van der Waals surface area contributed by atoms with Crippen LogP contribution in [0.15, 0.2) is 23.1 Å². The third kappa shape index (κ3) is 2.51. The average molecular weight is 278 g/mol. The van der Waals surface area contributed by atoms with Crippen molar-refractivity contribution in [2.45, 2.75) is 25.7 Å². The lowest BCUT2D eigenvalue weighted by atomic mass is 10.0. The summed E-state index contributed by atoms with van der Waals surface area (Å²) in [5.74, 6) is 0.767. The molecule has 4 nitrogen and oxygen atoms in total. The van der Waals surface area contributed by atoms with Crippen LogP contribution in [-0.2, 0) is 10.0 Å². The van der Waals surface area contributed by atoms with Crippen molar-refractivity contribution in [2.24, 2.45) is 11.8 Å². The Morgan fingerprint density at radius 2 is 1.84 bits per heavy atom. The number of aryl methyl sites for hydroxylation is 1. The first-order valence-corrected chi connectivity index (χ1v) is 7.81. The van der Waals surface area contributed by atoms with Gasteiger partial charge in [-0.15, -0.1) is 0 Å². The normalized spacial score (nSPS) is 24.3. The summed E-state index contributed by atoms with van der Waals surface area (Å²) in [6.45, 7) is 7.05. The zero-order valence-corrected chi connectivity index (χ0v) is 12.2. The highest BCUT2D eigenvalue weighted by Crippen LogP contribution is 2.28. The van der Waals surface area contributed by atoms with E-state index in [-0.39, 0.29) is 4.90 Å². The molecule has 2 unspecified atom stereocenters. The summed E-state index contributed by atoms with van der Waals surface area (Å²) in [4.78, 5) is 0.283. The number of hydrogen-bond donors (Lipinski definition) is 0. The number of nitriles is 1. The van der Waals surface area contributed by atoms with E-state index in [4.69, 9.17) is 5.26 Å². The van der Waals surface area contributed by atoms with Gasteiger partial charge in [-0.1, -0.05) is 13.8 Å². The molecule has 2 rings (SSSR count). The molecule has 5 heteroatoms. The van der Waals surface area contributed by atoms with Crippen LogP contribution in [-0.4, -0.2) is 25.8 Å². The minimum Gasteiger partial charge on any atom is -0.207 e. The highest BCUT2D eigenvalue weighted by Gasteiger charge is 2.34. The molecule has 19 heavy (non-hydrogen) atoms. The van der Waals surface area contributed by atoms with Crippen molar-refractivity contribution < 1.29 is 8.42 Å². The van der Waals surface area contributed by atoms with Crippen LogP contribution in [0.1, 0.15) is 25.0 Å². The zero-order valence-electron chi connectivity index (χ0n) is 11.4. The molecule has 0 amide bonds. The molecule has 0 spiro atoms. The molecular weight excluding hydrogens is 260 g/mol. The van der Waals surface area contributed by atoms with Crippen LogP contribution in [0.2, 0.25) is 0 Å². The van der Waals surface area contributed by atoms with Crippen molar-refractivity contribution >= 4 is 10.0 Å². The Morgan fingerprint density at radius 1 is 1.26 bits per heavy atom. The predicted molar refractivity (Wildman–Crippen MR) is 73.0 cm³/mol. The van der Waals surface area contributed by atoms with Crippen LogP contribution < -0.4 is 0 Å². The predicted octanol–water partition coefficient (Wildman–Crippen LogP) is 2.14. The molecule has 0 N–H and O–H groups in total. The van der Waals surface area contributed by atoms with E-state index in [2.05, 4.69) is 13.8 Å². The van der Waals surface area contributed by atoms with Gasteiger partial charge in [0.05, 0.1) is 16.5 Å². The second-order valence-electron chi connectivity index (χ2n) is 5.37. The third-order valence-corrected chi connectivity index (χ3v) is 5.74. The first-order valence-electron chi connectivity index (χ1n) is 6.37. The van der Waals surface area contributed by atoms with Gasteiger partial charge in [-0.2, -0.15) is 9.57 Å². The molecule has 0 radical (unpaired) electrons. The number of nitrogens with zero attached hydrogens (tertiary/aromatic N) is 2. The maximum atomic E-state index is 12.5. The van der Waals surface area contributed by atoms with Crippen LogP contribution in [0.3, 0.4) is 0 Å². The maximum Gasteiger partial charge on any atom is 0.243 e. The quantitative estimate of drug-likeness (QED) is 0.832. The molecule has 1 aromatic rings. The van der Waals surface area contributed by atoms with Gasteiger partial charge < -0.3 is 0 Å². The molecule has 1 aromatic carbocycles. The average Bonchev–Trinajstić information content (AvgIpc) is 2.70. The molecule has 1 aliphatic rings. The van der Waals surface area contributed by atoms with Gasteiger partial charge in [-0.05, 0) is 42.5 Å². The van der Waals surface area contributed by atoms with Gasteiger partial charge in [-0.25, -0.2) is 8.42 Å². The smallest absolute Gasteiger partial charge is 0.207 e. The Balaban J connectivity index is 2.36. The first kappa shape index (κ1) is 14.0. The summed E-state index contributed by atoms with van der Waals surface area (Å²) < 4.78 is 26.6. The summed E-state index contributed by atoms with van der Waals surface area (Å²) in [6, 6.07) is 6.73. The molecular formula is C14H18N2O2S. The Labute approximate surface area is 114 Å². The van der Waals surface area contributed by atoms with Crippen molar-refractivity contribution in [1.29, 1.82) is 5.26 Å². The molecule has 1 fully saturated rings. The van der Waals surface area contributed by atoms with E-state index in [1.165, 1.54) is 6.07 Å². The number of hydrogen-bond acceptors (Lipinski definition) is 3. The van der Waals surface area contributed by atoms with Crippen molar-refractivity contribution in [2.75, 3.05) is 13.1 Å². The lowest BCUT2D eigenvalue weighted by molar-refractivity contribution is 0.463. The maximum absolute atomic E-state index is 12.5. The standard InChI is InChI=1S/C14H18N2O2S/c1-10-6-14(5-4-13(10)7-15)19(17,18)16-8-11(2)12(3)9-16/h4-6,11-12H,8-9H2,1-3H3. The minimum absolute atomic E-state index is 0.283. The van der Waals surface area contributed by atoms with Gasteiger partial charge in [0, 0.05) is 13.1 Å². The molecule has 1 aliphatic heterocycles. The molecule has 0 saturated carbocycles. The Morgan fingerprint density at radius 3 is 2.32 bits per heavy atom. The van der Waals surface area contributed by atoms with Gasteiger partial charge in [0.1, 0.15) is 0 Å². The van der Waals surface area contributed by atoms with Crippen LogP contribution in [0.5, 0.6) is 0 Å². The second kappa shape index (κ2) is 4.95. The SMILES string of the molecule is Cc1cc(S(=O)(=O)N2CC(C)C(C)C2)ccc1C#N. The van der Waals surface area contributed by atoms with E-state index in [9.17, 15) is 8.42 Å². The van der Waals surface area contributed by atoms with E-state index < -0.39 is 10.0 Å². The molecule has 0 bridgehead atoms. The fraction of sp³-hybridized carbons (Fsp3) is 0.500. The number of sulfonamides is 1. The van der Waals surface area contributed by atoms with Crippen LogP contribution in [0.25, 0.3) is 0 Å². The summed E-state index contributed by atoms with van der Waals surface area (Å²) in [7, 11) is -3.43. The van der Waals surface area contributed by atoms with Gasteiger partial charge in [0.2, 0.25) is 10.0 Å². The Kier molecular flexibility index (Phi) is 3.66. The lowest BCUT2D eigenvalue weighted by Gasteiger charge is -2.16. The van der Waals surface area contributed by atoms with Crippen LogP contribution in [0.4, 0.5) is 0 Å². The minimum atomic E-state index is -3.43. The summed E-state index contributed by atoms with van der Waals surface area (Å²) in [5, 5.41) is 8.88. The molecule has 0 aromatic heterocycles. The molecule has 1 saturated heterocycles. The second-order valence-corrected chi connectivity index (χ2v) is 7.30. The van der Waals surface area contributed by atoms with Gasteiger partial charge in [0.15, 0.2) is 0 Å². The summed E-state index contributed by atoms with van der Waals surface area (Å²) in [6.07, 6.45) is 0. The van der Waals surface area contributed by atoms with E-state index in [0.29, 0.717) is 36.1 Å². The monoisotopic (exact) mass is 278 g/mol. The van der Waals surface area contributed by atoms with Crippen LogP contribution in [0, 0.1) is 30.1 Å². The third-order valence-electron chi connectivity index (χ3n) is 3.91. The largest absolute Gasteiger partial charge is 0.243 e. The molecule has 1 heterocycles. The number of rotatable bonds is 2. The van der Waals surface area contributed by atoms with Crippen molar-refractivity contribution in [1.82, 2.24) is 4.31 Å². The zero-order chi connectivity index (χ0) is 14.2. The van der Waals surface area contributed by atoms with Crippen LogP contribution >= 0.6 is 0 Å². The summed E-state index contributed by atoms with van der Waals surface area (Å²) >= 11 is 0. The fourth-order valence-corrected chi connectivity index (χ4v) is 4.07. The van der Waals surface area contributed by atoms with Gasteiger partial charge >= 0.3 is 0 Å². The van der Waals surface area contributed by atoms with Crippen molar-refractivity contribution in [3.05, 3.63) is 29.3 Å². The Bertz CT molecular complexity index is 621. The first-order chi connectivity index (χ1) is 8.86. The highest BCUT2D eigenvalue weighted by atomic mass is 32.2. The van der Waals surface area contributed by atoms with E-state index in [0.717, 1.165) is 0 Å². The highest BCUT2D eigenvalue weighted by molar-refractivity contribution is 7.89. The van der Waals surface area contributed by atoms with E-state index in [1.54, 1.807) is 23.4 Å².